The molecule has 88 valence electrons. The second-order valence-corrected chi connectivity index (χ2v) is 4.54. The first kappa shape index (κ1) is 11.6. The number of nitrogens with one attached hydrogen (secondary N) is 1. The van der Waals surface area contributed by atoms with Gasteiger partial charge in [0.1, 0.15) is 0 Å². The second-order valence-electron chi connectivity index (χ2n) is 4.54. The lowest BCUT2D eigenvalue weighted by molar-refractivity contribution is 0.114. The summed E-state index contributed by atoms with van der Waals surface area (Å²) in [6, 6.07) is 10.4. The van der Waals surface area contributed by atoms with E-state index in [4.69, 9.17) is 4.74 Å². The molecule has 1 aromatic carbocycles. The van der Waals surface area contributed by atoms with Crippen LogP contribution in [-0.2, 0) is 11.3 Å². The summed E-state index contributed by atoms with van der Waals surface area (Å²) in [7, 11) is 0. The van der Waals surface area contributed by atoms with Crippen molar-refractivity contribution < 1.29 is 4.74 Å². The lowest BCUT2D eigenvalue weighted by Crippen LogP contribution is -2.09. The maximum atomic E-state index is 5.66. The summed E-state index contributed by atoms with van der Waals surface area (Å²) in [5, 5.41) is 3.40. The van der Waals surface area contributed by atoms with Gasteiger partial charge in [-0.05, 0) is 43.8 Å². The van der Waals surface area contributed by atoms with E-state index in [9.17, 15) is 0 Å². The smallest absolute Gasteiger partial charge is 0.0716 e. The van der Waals surface area contributed by atoms with Crippen molar-refractivity contribution in [2.45, 2.75) is 25.9 Å². The van der Waals surface area contributed by atoms with Crippen LogP contribution in [0.4, 0.5) is 0 Å². The van der Waals surface area contributed by atoms with Crippen LogP contribution in [0.15, 0.2) is 30.3 Å². The molecule has 1 atom stereocenters. The molecule has 1 aromatic rings. The zero-order valence-electron chi connectivity index (χ0n) is 9.82. The number of benzene rings is 1. The van der Waals surface area contributed by atoms with Crippen molar-refractivity contribution in [3.8, 4) is 0 Å². The van der Waals surface area contributed by atoms with Gasteiger partial charge in [-0.15, -0.1) is 0 Å². The van der Waals surface area contributed by atoms with E-state index in [1.807, 2.05) is 6.07 Å². The van der Waals surface area contributed by atoms with Gasteiger partial charge < -0.3 is 10.1 Å². The first-order valence-corrected chi connectivity index (χ1v) is 6.27. The topological polar surface area (TPSA) is 21.3 Å². The van der Waals surface area contributed by atoms with Gasteiger partial charge in [0.25, 0.3) is 0 Å². The molecule has 0 unspecified atom stereocenters. The zero-order valence-corrected chi connectivity index (χ0v) is 9.82. The third kappa shape index (κ3) is 3.95. The Hall–Kier alpha value is -0.860. The molecule has 0 amide bonds. The Kier molecular flexibility index (Phi) is 4.84. The summed E-state index contributed by atoms with van der Waals surface area (Å²) in [5.41, 5.74) is 1.27. The van der Waals surface area contributed by atoms with E-state index in [0.717, 1.165) is 19.1 Å². The highest BCUT2D eigenvalue weighted by Crippen LogP contribution is 2.14. The van der Waals surface area contributed by atoms with E-state index in [0.29, 0.717) is 0 Å². The van der Waals surface area contributed by atoms with Gasteiger partial charge in [-0.1, -0.05) is 30.3 Å². The summed E-state index contributed by atoms with van der Waals surface area (Å²) in [6.07, 6.45) is 3.85. The van der Waals surface area contributed by atoms with Crippen LogP contribution >= 0.6 is 0 Å². The van der Waals surface area contributed by atoms with Crippen molar-refractivity contribution in [1.29, 1.82) is 0 Å². The molecule has 0 aromatic heterocycles. The molecule has 1 fully saturated rings. The van der Waals surface area contributed by atoms with Gasteiger partial charge in [-0.3, -0.25) is 0 Å². The predicted octanol–water partition coefficient (Wildman–Crippen LogP) is 2.59. The van der Waals surface area contributed by atoms with Crippen LogP contribution in [0, 0.1) is 5.92 Å². The molecule has 2 rings (SSSR count). The van der Waals surface area contributed by atoms with Crippen molar-refractivity contribution in [2.75, 3.05) is 19.7 Å². The number of rotatable bonds is 6. The molecule has 0 radical (unpaired) electrons. The molecule has 2 nitrogen and oxygen atoms in total. The standard InChI is InChI=1S/C14H21NO/c1-2-5-14(6-3-1)12-16-10-4-7-13-8-9-15-11-13/h1-3,5-6,13,15H,4,7-12H2/t13-/m0/s1. The Balaban J connectivity index is 1.52. The average molecular weight is 219 g/mol. The van der Waals surface area contributed by atoms with Crippen LogP contribution in [0.2, 0.25) is 0 Å². The molecule has 1 aliphatic rings. The summed E-state index contributed by atoms with van der Waals surface area (Å²) in [6.45, 7) is 4.06. The molecule has 1 aliphatic heterocycles. The van der Waals surface area contributed by atoms with Gasteiger partial charge >= 0.3 is 0 Å². The molecule has 0 aliphatic carbocycles. The zero-order chi connectivity index (χ0) is 11.1. The SMILES string of the molecule is c1ccc(COCCC[C@H]2CCNC2)cc1. The van der Waals surface area contributed by atoms with Gasteiger partial charge in [0.15, 0.2) is 0 Å². The largest absolute Gasteiger partial charge is 0.377 e. The van der Waals surface area contributed by atoms with Crippen molar-refractivity contribution in [2.24, 2.45) is 5.92 Å². The Morgan fingerprint density at radius 1 is 1.25 bits per heavy atom. The van der Waals surface area contributed by atoms with E-state index in [1.165, 1.54) is 37.9 Å². The van der Waals surface area contributed by atoms with Crippen LogP contribution < -0.4 is 5.32 Å². The van der Waals surface area contributed by atoms with E-state index >= 15 is 0 Å². The third-order valence-corrected chi connectivity index (χ3v) is 3.17. The van der Waals surface area contributed by atoms with Crippen LogP contribution in [0.1, 0.15) is 24.8 Å². The highest BCUT2D eigenvalue weighted by atomic mass is 16.5. The minimum atomic E-state index is 0.754. The molecule has 0 saturated carbocycles. The first-order valence-electron chi connectivity index (χ1n) is 6.27. The fourth-order valence-electron chi connectivity index (χ4n) is 2.20. The molecule has 1 heterocycles. The summed E-state index contributed by atoms with van der Waals surface area (Å²) in [5.74, 6) is 0.889. The highest BCUT2D eigenvalue weighted by Gasteiger charge is 2.13. The van der Waals surface area contributed by atoms with Crippen LogP contribution in [0.25, 0.3) is 0 Å². The molecule has 2 heteroatoms. The normalized spacial score (nSPS) is 20.1. The molecule has 16 heavy (non-hydrogen) atoms. The number of ether oxygens (including phenoxy) is 1. The average Bonchev–Trinajstić information content (AvgIpc) is 2.83. The van der Waals surface area contributed by atoms with Gasteiger partial charge in [-0.25, -0.2) is 0 Å². The molecule has 1 N–H and O–H groups in total. The Morgan fingerprint density at radius 3 is 2.88 bits per heavy atom. The van der Waals surface area contributed by atoms with Gasteiger partial charge in [-0.2, -0.15) is 0 Å². The third-order valence-electron chi connectivity index (χ3n) is 3.17. The Bertz CT molecular complexity index is 280. The van der Waals surface area contributed by atoms with E-state index in [-0.39, 0.29) is 0 Å². The van der Waals surface area contributed by atoms with Gasteiger partial charge in [0, 0.05) is 6.61 Å². The predicted molar refractivity (Wildman–Crippen MR) is 66.3 cm³/mol. The second kappa shape index (κ2) is 6.66. The lowest BCUT2D eigenvalue weighted by Gasteiger charge is -2.08. The number of hydrogen-bond donors (Lipinski definition) is 1. The van der Waals surface area contributed by atoms with Gasteiger partial charge in [0.2, 0.25) is 0 Å². The maximum Gasteiger partial charge on any atom is 0.0716 e. The van der Waals surface area contributed by atoms with Crippen molar-refractivity contribution in [3.05, 3.63) is 35.9 Å². The minimum Gasteiger partial charge on any atom is -0.377 e. The van der Waals surface area contributed by atoms with Crippen molar-refractivity contribution in [3.63, 3.8) is 0 Å². The van der Waals surface area contributed by atoms with Crippen LogP contribution in [0.5, 0.6) is 0 Å². The van der Waals surface area contributed by atoms with E-state index in [1.54, 1.807) is 0 Å². The van der Waals surface area contributed by atoms with E-state index < -0.39 is 0 Å². The Labute approximate surface area is 98.0 Å². The molecule has 0 bridgehead atoms. The first-order chi connectivity index (χ1) is 7.95. The fraction of sp³-hybridized carbons (Fsp3) is 0.571. The lowest BCUT2D eigenvalue weighted by atomic mass is 10.0. The molecule has 1 saturated heterocycles. The minimum absolute atomic E-state index is 0.754. The van der Waals surface area contributed by atoms with Crippen molar-refractivity contribution >= 4 is 0 Å². The van der Waals surface area contributed by atoms with Crippen LogP contribution in [0.3, 0.4) is 0 Å². The molecule has 0 spiro atoms. The Morgan fingerprint density at radius 2 is 2.12 bits per heavy atom. The summed E-state index contributed by atoms with van der Waals surface area (Å²) in [4.78, 5) is 0. The van der Waals surface area contributed by atoms with Crippen LogP contribution in [-0.4, -0.2) is 19.7 Å². The monoisotopic (exact) mass is 219 g/mol. The molecular weight excluding hydrogens is 198 g/mol. The van der Waals surface area contributed by atoms with Crippen molar-refractivity contribution in [1.82, 2.24) is 5.32 Å². The molecular formula is C14H21NO. The summed E-state index contributed by atoms with van der Waals surface area (Å²) < 4.78 is 5.66. The maximum absolute atomic E-state index is 5.66. The fourth-order valence-corrected chi connectivity index (χ4v) is 2.20. The summed E-state index contributed by atoms with van der Waals surface area (Å²) >= 11 is 0. The van der Waals surface area contributed by atoms with Gasteiger partial charge in [0.05, 0.1) is 6.61 Å². The van der Waals surface area contributed by atoms with E-state index in [2.05, 4.69) is 29.6 Å². The number of hydrogen-bond acceptors (Lipinski definition) is 2. The highest BCUT2D eigenvalue weighted by molar-refractivity contribution is 5.13. The quantitative estimate of drug-likeness (QED) is 0.743.